The number of rotatable bonds is 4. The lowest BCUT2D eigenvalue weighted by molar-refractivity contribution is 0.206. The van der Waals surface area contributed by atoms with Crippen LogP contribution < -0.4 is 5.32 Å². The number of carbonyl (C=O) groups excluding carboxylic acids is 1. The molecule has 1 fully saturated rings. The summed E-state index contributed by atoms with van der Waals surface area (Å²) in [5, 5.41) is 3.02. The standard InChI is InChI=1S/C21H23N5O/c1-16-13-23-20(18-7-10-22-11-8-18)26(16)19-9-12-25(15-19)21(27)24-14-17-5-3-2-4-6-17/h2-8,10-11,13,19H,9,12,14-15H2,1H3,(H,24,27). The van der Waals surface area contributed by atoms with Gasteiger partial charge in [0.1, 0.15) is 5.82 Å². The van der Waals surface area contributed by atoms with Crippen molar-refractivity contribution < 1.29 is 4.79 Å². The van der Waals surface area contributed by atoms with Crippen LogP contribution in [0.3, 0.4) is 0 Å². The summed E-state index contributed by atoms with van der Waals surface area (Å²) in [6, 6.07) is 14.1. The van der Waals surface area contributed by atoms with E-state index in [-0.39, 0.29) is 12.1 Å². The summed E-state index contributed by atoms with van der Waals surface area (Å²) in [5.74, 6) is 0.937. The van der Waals surface area contributed by atoms with Gasteiger partial charge in [0.2, 0.25) is 0 Å². The Morgan fingerprint density at radius 1 is 1.19 bits per heavy atom. The maximum atomic E-state index is 12.6. The Morgan fingerprint density at radius 3 is 2.74 bits per heavy atom. The van der Waals surface area contributed by atoms with Gasteiger partial charge in [-0.05, 0) is 31.0 Å². The fourth-order valence-corrected chi connectivity index (χ4v) is 3.64. The molecule has 1 unspecified atom stereocenters. The van der Waals surface area contributed by atoms with Gasteiger partial charge >= 0.3 is 6.03 Å². The Bertz CT molecular complexity index is 907. The van der Waals surface area contributed by atoms with E-state index in [9.17, 15) is 4.79 Å². The van der Waals surface area contributed by atoms with E-state index in [1.165, 1.54) is 0 Å². The topological polar surface area (TPSA) is 63.1 Å². The maximum absolute atomic E-state index is 12.6. The first-order valence-corrected chi connectivity index (χ1v) is 9.23. The SMILES string of the molecule is Cc1cnc(-c2ccncc2)n1C1CCN(C(=O)NCc2ccccc2)C1. The minimum absolute atomic E-state index is 0.00965. The zero-order valence-corrected chi connectivity index (χ0v) is 15.4. The third kappa shape index (κ3) is 3.69. The van der Waals surface area contributed by atoms with Crippen LogP contribution in [0.1, 0.15) is 23.7 Å². The first-order valence-electron chi connectivity index (χ1n) is 9.23. The fraction of sp³-hybridized carbons (Fsp3) is 0.286. The zero-order chi connectivity index (χ0) is 18.6. The molecule has 4 rings (SSSR count). The summed E-state index contributed by atoms with van der Waals surface area (Å²) in [4.78, 5) is 23.1. The van der Waals surface area contributed by atoms with Crippen LogP contribution in [0.2, 0.25) is 0 Å². The number of hydrogen-bond donors (Lipinski definition) is 1. The van der Waals surface area contributed by atoms with Crippen molar-refractivity contribution in [1.29, 1.82) is 0 Å². The summed E-state index contributed by atoms with van der Waals surface area (Å²) in [6.07, 6.45) is 6.38. The summed E-state index contributed by atoms with van der Waals surface area (Å²) in [7, 11) is 0. The summed E-state index contributed by atoms with van der Waals surface area (Å²) >= 11 is 0. The van der Waals surface area contributed by atoms with Crippen molar-refractivity contribution in [2.24, 2.45) is 0 Å². The molecule has 0 bridgehead atoms. The average Bonchev–Trinajstić information content (AvgIpc) is 3.34. The molecule has 1 aromatic carbocycles. The molecule has 1 aliphatic rings. The number of hydrogen-bond acceptors (Lipinski definition) is 3. The Hall–Kier alpha value is -3.15. The smallest absolute Gasteiger partial charge is 0.317 e. The highest BCUT2D eigenvalue weighted by Gasteiger charge is 2.29. The van der Waals surface area contributed by atoms with Crippen molar-refractivity contribution >= 4 is 6.03 Å². The molecule has 1 atom stereocenters. The highest BCUT2D eigenvalue weighted by atomic mass is 16.2. The lowest BCUT2D eigenvalue weighted by Gasteiger charge is -2.20. The number of urea groups is 1. The van der Waals surface area contributed by atoms with Gasteiger partial charge in [0.05, 0.1) is 6.04 Å². The molecule has 3 aromatic rings. The molecular formula is C21H23N5O. The van der Waals surface area contributed by atoms with Gasteiger partial charge in [-0.2, -0.15) is 0 Å². The second-order valence-electron chi connectivity index (χ2n) is 6.86. The quantitative estimate of drug-likeness (QED) is 0.775. The molecule has 2 aromatic heterocycles. The Labute approximate surface area is 158 Å². The molecule has 6 nitrogen and oxygen atoms in total. The molecule has 0 aliphatic carbocycles. The van der Waals surface area contributed by atoms with Crippen molar-refractivity contribution in [2.45, 2.75) is 25.9 Å². The fourth-order valence-electron chi connectivity index (χ4n) is 3.64. The van der Waals surface area contributed by atoms with Gasteiger partial charge in [-0.1, -0.05) is 30.3 Å². The molecule has 138 valence electrons. The Balaban J connectivity index is 1.44. The third-order valence-electron chi connectivity index (χ3n) is 5.02. The lowest BCUT2D eigenvalue weighted by atomic mass is 10.2. The number of amides is 2. The number of aryl methyl sites for hydroxylation is 1. The number of pyridine rings is 1. The number of carbonyl (C=O) groups is 1. The summed E-state index contributed by atoms with van der Waals surface area (Å²) in [5.41, 5.74) is 3.26. The molecule has 1 aliphatic heterocycles. The predicted octanol–water partition coefficient (Wildman–Crippen LogP) is 3.41. The van der Waals surface area contributed by atoms with Crippen LogP contribution in [0.4, 0.5) is 4.79 Å². The van der Waals surface area contributed by atoms with Crippen molar-refractivity contribution in [2.75, 3.05) is 13.1 Å². The minimum Gasteiger partial charge on any atom is -0.334 e. The predicted molar refractivity (Wildman–Crippen MR) is 104 cm³/mol. The number of benzene rings is 1. The van der Waals surface area contributed by atoms with Crippen LogP contribution in [0.25, 0.3) is 11.4 Å². The molecule has 6 heteroatoms. The largest absolute Gasteiger partial charge is 0.334 e. The number of imidazole rings is 1. The highest BCUT2D eigenvalue weighted by molar-refractivity contribution is 5.74. The molecular weight excluding hydrogens is 338 g/mol. The normalized spacial score (nSPS) is 16.5. The van der Waals surface area contributed by atoms with E-state index in [4.69, 9.17) is 0 Å². The van der Waals surface area contributed by atoms with E-state index in [1.54, 1.807) is 12.4 Å². The van der Waals surface area contributed by atoms with Crippen molar-refractivity contribution in [3.8, 4) is 11.4 Å². The second kappa shape index (κ2) is 7.61. The van der Waals surface area contributed by atoms with Crippen molar-refractivity contribution in [3.05, 3.63) is 72.3 Å². The van der Waals surface area contributed by atoms with Crippen LogP contribution >= 0.6 is 0 Å². The van der Waals surface area contributed by atoms with Crippen molar-refractivity contribution in [1.82, 2.24) is 24.8 Å². The lowest BCUT2D eigenvalue weighted by Crippen LogP contribution is -2.38. The molecule has 27 heavy (non-hydrogen) atoms. The van der Waals surface area contributed by atoms with E-state index >= 15 is 0 Å². The highest BCUT2D eigenvalue weighted by Crippen LogP contribution is 2.29. The number of nitrogens with one attached hydrogen (secondary N) is 1. The summed E-state index contributed by atoms with van der Waals surface area (Å²) < 4.78 is 2.25. The second-order valence-corrected chi connectivity index (χ2v) is 6.86. The molecule has 3 heterocycles. The molecule has 0 radical (unpaired) electrons. The van der Waals surface area contributed by atoms with Crippen LogP contribution in [0, 0.1) is 6.92 Å². The van der Waals surface area contributed by atoms with Gasteiger partial charge in [-0.3, -0.25) is 4.98 Å². The van der Waals surface area contributed by atoms with Crippen LogP contribution in [0.5, 0.6) is 0 Å². The van der Waals surface area contributed by atoms with E-state index < -0.39 is 0 Å². The number of aromatic nitrogens is 3. The number of likely N-dealkylation sites (tertiary alicyclic amines) is 1. The van der Waals surface area contributed by atoms with E-state index in [0.29, 0.717) is 13.1 Å². The molecule has 1 saturated heterocycles. The molecule has 2 amide bonds. The molecule has 0 saturated carbocycles. The van der Waals surface area contributed by atoms with Crippen LogP contribution in [-0.4, -0.2) is 38.6 Å². The van der Waals surface area contributed by atoms with Gasteiger partial charge in [0, 0.05) is 49.5 Å². The zero-order valence-electron chi connectivity index (χ0n) is 15.4. The van der Waals surface area contributed by atoms with Crippen LogP contribution in [0.15, 0.2) is 61.1 Å². The van der Waals surface area contributed by atoms with E-state index in [0.717, 1.165) is 35.6 Å². The van der Waals surface area contributed by atoms with Crippen LogP contribution in [-0.2, 0) is 6.54 Å². The van der Waals surface area contributed by atoms with Crippen molar-refractivity contribution in [3.63, 3.8) is 0 Å². The van der Waals surface area contributed by atoms with E-state index in [1.807, 2.05) is 53.6 Å². The average molecular weight is 361 g/mol. The van der Waals surface area contributed by atoms with Gasteiger partial charge < -0.3 is 14.8 Å². The van der Waals surface area contributed by atoms with E-state index in [2.05, 4.69) is 26.8 Å². The first kappa shape index (κ1) is 17.3. The molecule has 1 N–H and O–H groups in total. The van der Waals surface area contributed by atoms with Gasteiger partial charge in [0.15, 0.2) is 0 Å². The van der Waals surface area contributed by atoms with Gasteiger partial charge in [0.25, 0.3) is 0 Å². The Kier molecular flexibility index (Phi) is 4.87. The minimum atomic E-state index is -0.00965. The number of nitrogens with zero attached hydrogens (tertiary/aromatic N) is 4. The molecule has 0 spiro atoms. The van der Waals surface area contributed by atoms with Gasteiger partial charge in [-0.15, -0.1) is 0 Å². The maximum Gasteiger partial charge on any atom is 0.317 e. The summed E-state index contributed by atoms with van der Waals surface area (Å²) in [6.45, 7) is 4.05. The first-order chi connectivity index (χ1) is 13.2. The Morgan fingerprint density at radius 2 is 1.96 bits per heavy atom. The third-order valence-corrected chi connectivity index (χ3v) is 5.02. The monoisotopic (exact) mass is 361 g/mol. The van der Waals surface area contributed by atoms with Gasteiger partial charge in [-0.25, -0.2) is 9.78 Å².